The van der Waals surface area contributed by atoms with Crippen LogP contribution in [0.2, 0.25) is 0 Å². The molecule has 0 aromatic heterocycles. The molecule has 1 fully saturated rings. The highest BCUT2D eigenvalue weighted by atomic mass is 32.2. The summed E-state index contributed by atoms with van der Waals surface area (Å²) in [7, 11) is -1.93. The lowest BCUT2D eigenvalue weighted by molar-refractivity contribution is 0.0935. The Kier molecular flexibility index (Phi) is 7.15. The van der Waals surface area contributed by atoms with Crippen molar-refractivity contribution in [3.63, 3.8) is 0 Å². The quantitative estimate of drug-likeness (QED) is 0.716. The highest BCUT2D eigenvalue weighted by molar-refractivity contribution is 7.89. The summed E-state index contributed by atoms with van der Waals surface area (Å²) in [6, 6.07) is 13.7. The average Bonchev–Trinajstić information content (AvgIpc) is 2.77. The third-order valence-electron chi connectivity index (χ3n) is 5.70. The molecule has 1 heterocycles. The van der Waals surface area contributed by atoms with E-state index in [1.807, 2.05) is 38.1 Å². The number of benzene rings is 2. The molecule has 0 bridgehead atoms. The van der Waals surface area contributed by atoms with Gasteiger partial charge in [-0.25, -0.2) is 8.42 Å². The van der Waals surface area contributed by atoms with Crippen LogP contribution in [-0.2, 0) is 10.0 Å². The molecule has 2 aromatic rings. The molecule has 1 N–H and O–H groups in total. The highest BCUT2D eigenvalue weighted by Crippen LogP contribution is 2.26. The van der Waals surface area contributed by atoms with Crippen LogP contribution in [0.25, 0.3) is 0 Å². The molecular formula is C23H30N2O4S. The summed E-state index contributed by atoms with van der Waals surface area (Å²) in [6.07, 6.45) is 3.55. The topological polar surface area (TPSA) is 75.7 Å². The number of sulfonamides is 1. The lowest BCUT2D eigenvalue weighted by atomic mass is 10.0. The Labute approximate surface area is 179 Å². The summed E-state index contributed by atoms with van der Waals surface area (Å²) in [5.41, 5.74) is 1.43. The minimum absolute atomic E-state index is 0.00142. The molecule has 30 heavy (non-hydrogen) atoms. The van der Waals surface area contributed by atoms with Crippen LogP contribution in [-0.4, -0.2) is 38.3 Å². The van der Waals surface area contributed by atoms with Crippen molar-refractivity contribution in [2.24, 2.45) is 0 Å². The van der Waals surface area contributed by atoms with E-state index in [0.717, 1.165) is 37.0 Å². The van der Waals surface area contributed by atoms with E-state index in [-0.39, 0.29) is 22.9 Å². The van der Waals surface area contributed by atoms with Crippen LogP contribution in [0.1, 0.15) is 61.5 Å². The first-order valence-electron chi connectivity index (χ1n) is 10.4. The molecule has 7 heteroatoms. The van der Waals surface area contributed by atoms with Crippen molar-refractivity contribution in [1.29, 1.82) is 0 Å². The van der Waals surface area contributed by atoms with E-state index in [4.69, 9.17) is 4.74 Å². The minimum Gasteiger partial charge on any atom is -0.497 e. The second kappa shape index (κ2) is 9.62. The van der Waals surface area contributed by atoms with Gasteiger partial charge in [0, 0.05) is 18.2 Å². The minimum atomic E-state index is -3.54. The third-order valence-corrected chi connectivity index (χ3v) is 7.72. The summed E-state index contributed by atoms with van der Waals surface area (Å²) in [5, 5.41) is 3.03. The molecule has 1 aliphatic rings. The normalized spacial score (nSPS) is 18.6. The number of carbonyl (C=O) groups is 1. The van der Waals surface area contributed by atoms with Gasteiger partial charge < -0.3 is 10.1 Å². The number of carbonyl (C=O) groups excluding carboxylic acids is 1. The summed E-state index contributed by atoms with van der Waals surface area (Å²) < 4.78 is 32.7. The number of amides is 1. The van der Waals surface area contributed by atoms with Crippen molar-refractivity contribution in [1.82, 2.24) is 9.62 Å². The number of methoxy groups -OCH3 is 1. The summed E-state index contributed by atoms with van der Waals surface area (Å²) in [6.45, 7) is 4.50. The highest BCUT2D eigenvalue weighted by Gasteiger charge is 2.31. The molecule has 1 amide bonds. The lowest BCUT2D eigenvalue weighted by Gasteiger charge is -2.32. The number of nitrogens with zero attached hydrogens (tertiary/aromatic N) is 1. The molecular weight excluding hydrogens is 400 g/mol. The van der Waals surface area contributed by atoms with E-state index in [1.165, 1.54) is 12.1 Å². The lowest BCUT2D eigenvalue weighted by Crippen LogP contribution is -2.41. The van der Waals surface area contributed by atoms with Crippen LogP contribution in [0.5, 0.6) is 5.75 Å². The van der Waals surface area contributed by atoms with Gasteiger partial charge in [-0.05, 0) is 68.1 Å². The van der Waals surface area contributed by atoms with E-state index in [9.17, 15) is 13.2 Å². The molecule has 6 nitrogen and oxygen atoms in total. The van der Waals surface area contributed by atoms with Gasteiger partial charge in [0.15, 0.2) is 0 Å². The van der Waals surface area contributed by atoms with Crippen LogP contribution in [0.3, 0.4) is 0 Å². The number of rotatable bonds is 7. The molecule has 1 saturated heterocycles. The zero-order valence-corrected chi connectivity index (χ0v) is 18.6. The Morgan fingerprint density at radius 3 is 2.37 bits per heavy atom. The average molecular weight is 431 g/mol. The smallest absolute Gasteiger partial charge is 0.251 e. The van der Waals surface area contributed by atoms with Crippen LogP contribution in [0, 0.1) is 0 Å². The number of piperidine rings is 1. The second-order valence-electron chi connectivity index (χ2n) is 7.69. The zero-order chi connectivity index (χ0) is 21.7. The van der Waals surface area contributed by atoms with E-state index in [2.05, 4.69) is 5.32 Å². The van der Waals surface area contributed by atoms with Crippen molar-refractivity contribution in [2.75, 3.05) is 13.7 Å². The van der Waals surface area contributed by atoms with Gasteiger partial charge in [-0.15, -0.1) is 0 Å². The molecule has 2 aromatic carbocycles. The molecule has 0 saturated carbocycles. The first-order chi connectivity index (χ1) is 14.4. The number of nitrogens with one attached hydrogen (secondary N) is 1. The van der Waals surface area contributed by atoms with Gasteiger partial charge in [0.25, 0.3) is 5.91 Å². The van der Waals surface area contributed by atoms with Gasteiger partial charge in [-0.2, -0.15) is 4.31 Å². The fraction of sp³-hybridized carbons (Fsp3) is 0.435. The van der Waals surface area contributed by atoms with Gasteiger partial charge in [-0.3, -0.25) is 4.79 Å². The van der Waals surface area contributed by atoms with Gasteiger partial charge >= 0.3 is 0 Å². The zero-order valence-electron chi connectivity index (χ0n) is 17.8. The van der Waals surface area contributed by atoms with Crippen molar-refractivity contribution >= 4 is 15.9 Å². The molecule has 3 rings (SSSR count). The van der Waals surface area contributed by atoms with E-state index < -0.39 is 10.0 Å². The Hall–Kier alpha value is -2.38. The van der Waals surface area contributed by atoms with Gasteiger partial charge in [0.1, 0.15) is 5.75 Å². The fourth-order valence-corrected chi connectivity index (χ4v) is 5.54. The van der Waals surface area contributed by atoms with Crippen molar-refractivity contribution in [3.8, 4) is 5.75 Å². The van der Waals surface area contributed by atoms with Crippen LogP contribution in [0.4, 0.5) is 0 Å². The maximum Gasteiger partial charge on any atom is 0.251 e. The monoisotopic (exact) mass is 430 g/mol. The van der Waals surface area contributed by atoms with Gasteiger partial charge in [-0.1, -0.05) is 25.5 Å². The Morgan fingerprint density at radius 2 is 1.80 bits per heavy atom. The second-order valence-corrected chi connectivity index (χ2v) is 9.58. The third kappa shape index (κ3) is 4.84. The summed E-state index contributed by atoms with van der Waals surface area (Å²) >= 11 is 0. The number of hydrogen-bond acceptors (Lipinski definition) is 4. The maximum atomic E-state index is 13.0. The predicted molar refractivity (Wildman–Crippen MR) is 117 cm³/mol. The molecule has 162 valence electrons. The molecule has 0 aliphatic carbocycles. The molecule has 0 radical (unpaired) electrons. The molecule has 0 unspecified atom stereocenters. The van der Waals surface area contributed by atoms with Crippen molar-refractivity contribution in [2.45, 2.75) is 56.5 Å². The molecule has 1 aliphatic heterocycles. The largest absolute Gasteiger partial charge is 0.497 e. The predicted octanol–water partition coefficient (Wildman–Crippen LogP) is 4.14. The van der Waals surface area contributed by atoms with Crippen LogP contribution in [0.15, 0.2) is 53.4 Å². The van der Waals surface area contributed by atoms with E-state index in [1.54, 1.807) is 23.5 Å². The summed E-state index contributed by atoms with van der Waals surface area (Å²) in [4.78, 5) is 13.0. The Morgan fingerprint density at radius 1 is 1.13 bits per heavy atom. The van der Waals surface area contributed by atoms with Crippen molar-refractivity contribution < 1.29 is 17.9 Å². The van der Waals surface area contributed by atoms with Crippen LogP contribution >= 0.6 is 0 Å². The van der Waals surface area contributed by atoms with E-state index >= 15 is 0 Å². The van der Waals surface area contributed by atoms with E-state index in [0.29, 0.717) is 12.1 Å². The van der Waals surface area contributed by atoms with Gasteiger partial charge in [0.2, 0.25) is 10.0 Å². The molecule has 0 spiro atoms. The first-order valence-corrected chi connectivity index (χ1v) is 11.9. The Bertz CT molecular complexity index is 956. The van der Waals surface area contributed by atoms with Gasteiger partial charge in [0.05, 0.1) is 18.0 Å². The standard InChI is InChI=1S/C23H30N2O4S/c1-4-22(18-8-12-20(29-3)13-9-18)24-23(26)19-10-14-21(15-11-19)30(27,28)25-16-6-5-7-17(25)2/h8-15,17,22H,4-7,16H2,1-3H3,(H,24,26)/t17-,22-/m0/s1. The SMILES string of the molecule is CC[C@H](NC(=O)c1ccc(S(=O)(=O)N2CCCC[C@@H]2C)cc1)c1ccc(OC)cc1. The number of hydrogen-bond donors (Lipinski definition) is 1. The molecule has 2 atom stereocenters. The van der Waals surface area contributed by atoms with Crippen molar-refractivity contribution in [3.05, 3.63) is 59.7 Å². The fourth-order valence-electron chi connectivity index (χ4n) is 3.84. The number of ether oxygens (including phenoxy) is 1. The first kappa shape index (κ1) is 22.3. The Balaban J connectivity index is 1.72. The summed E-state index contributed by atoms with van der Waals surface area (Å²) in [5.74, 6) is 0.535. The maximum absolute atomic E-state index is 13.0. The van der Waals surface area contributed by atoms with Crippen LogP contribution < -0.4 is 10.1 Å².